The average Bonchev–Trinajstić information content (AvgIpc) is 2.82. The summed E-state index contributed by atoms with van der Waals surface area (Å²) in [7, 11) is -1.85. The van der Waals surface area contributed by atoms with Gasteiger partial charge in [-0.2, -0.15) is 0 Å². The summed E-state index contributed by atoms with van der Waals surface area (Å²) in [6, 6.07) is 5.78. The van der Waals surface area contributed by atoms with Crippen molar-refractivity contribution in [3.05, 3.63) is 29.8 Å². The van der Waals surface area contributed by atoms with E-state index < -0.39 is 10.1 Å². The van der Waals surface area contributed by atoms with Gasteiger partial charge in [-0.1, -0.05) is 95.8 Å². The molecule has 0 atom stereocenters. The molecule has 0 heterocycles. The second kappa shape index (κ2) is 21.2. The topological polar surface area (TPSA) is 77.4 Å². The Morgan fingerprint density at radius 1 is 0.686 bits per heavy atom. The molecule has 0 bridgehead atoms. The van der Waals surface area contributed by atoms with Gasteiger partial charge in [0.25, 0.3) is 0 Å². The summed E-state index contributed by atoms with van der Waals surface area (Å²) in [5, 5.41) is 9.20. The van der Waals surface area contributed by atoms with E-state index in [4.69, 9.17) is 0 Å². The molecule has 0 saturated carbocycles. The van der Waals surface area contributed by atoms with E-state index in [-0.39, 0.29) is 4.90 Å². The molecule has 5 nitrogen and oxygen atoms in total. The Morgan fingerprint density at radius 2 is 1.06 bits per heavy atom. The Hall–Kier alpha value is -0.950. The quantitative estimate of drug-likeness (QED) is 0.113. The predicted octanol–water partition coefficient (Wildman–Crippen LogP) is 7.22. The fraction of sp³-hybridized carbons (Fsp3) is 0.793. The third-order valence-corrected chi connectivity index (χ3v) is 7.62. The molecule has 1 aromatic carbocycles. The lowest BCUT2D eigenvalue weighted by atomic mass is 10.1. The molecule has 1 N–H and O–H groups in total. The SMILES string of the molecule is CCCCCCCCC[N+](C)(CCCO)CCCCCCCCC.Cc1ccc(S(=O)(=O)[O-])cc1. The number of hydrogen-bond acceptors (Lipinski definition) is 4. The van der Waals surface area contributed by atoms with Gasteiger partial charge in [-0.25, -0.2) is 8.42 Å². The van der Waals surface area contributed by atoms with Crippen LogP contribution in [0.2, 0.25) is 0 Å². The standard InChI is InChI=1S/C22H48NO.C7H8O3S/c1-4-6-8-10-12-14-16-19-23(3,21-18-22-24)20-17-15-13-11-9-7-5-2;1-6-2-4-7(5-3-6)11(8,9)10/h24H,4-22H2,1-3H3;2-5H,1H3,(H,8,9,10)/q+1;/p-1. The fourth-order valence-electron chi connectivity index (χ4n) is 4.39. The third-order valence-electron chi connectivity index (χ3n) is 6.77. The molecule has 0 aliphatic heterocycles. The van der Waals surface area contributed by atoms with E-state index in [1.165, 1.54) is 120 Å². The molecular weight excluding hydrogens is 458 g/mol. The van der Waals surface area contributed by atoms with Crippen LogP contribution in [0.3, 0.4) is 0 Å². The maximum absolute atomic E-state index is 10.4. The van der Waals surface area contributed by atoms with Crippen LogP contribution in [0.25, 0.3) is 0 Å². The molecule has 206 valence electrons. The third kappa shape index (κ3) is 19.9. The van der Waals surface area contributed by atoms with Gasteiger partial charge in [0.1, 0.15) is 10.1 Å². The molecule has 0 aliphatic carbocycles. The van der Waals surface area contributed by atoms with Gasteiger partial charge in [0.15, 0.2) is 0 Å². The Kier molecular flexibility index (Phi) is 20.6. The van der Waals surface area contributed by atoms with Crippen molar-refractivity contribution >= 4 is 10.1 Å². The molecule has 0 aliphatic rings. The van der Waals surface area contributed by atoms with Crippen LogP contribution in [-0.2, 0) is 10.1 Å². The number of aliphatic hydroxyl groups is 1. The summed E-state index contributed by atoms with van der Waals surface area (Å²) in [6.07, 6.45) is 20.5. The lowest BCUT2D eigenvalue weighted by Gasteiger charge is -2.35. The maximum atomic E-state index is 10.4. The summed E-state index contributed by atoms with van der Waals surface area (Å²) in [4.78, 5) is -0.178. The minimum Gasteiger partial charge on any atom is -0.744 e. The smallest absolute Gasteiger partial charge is 0.124 e. The van der Waals surface area contributed by atoms with Gasteiger partial charge < -0.3 is 14.1 Å². The highest BCUT2D eigenvalue weighted by molar-refractivity contribution is 7.85. The van der Waals surface area contributed by atoms with Crippen LogP contribution < -0.4 is 0 Å². The largest absolute Gasteiger partial charge is 0.744 e. The van der Waals surface area contributed by atoms with E-state index in [1.54, 1.807) is 12.1 Å². The summed E-state index contributed by atoms with van der Waals surface area (Å²) in [5.74, 6) is 0. The molecule has 6 heteroatoms. The zero-order valence-corrected chi connectivity index (χ0v) is 24.1. The summed E-state index contributed by atoms with van der Waals surface area (Å²) >= 11 is 0. The molecule has 0 aromatic heterocycles. The van der Waals surface area contributed by atoms with Gasteiger partial charge in [0, 0.05) is 13.0 Å². The van der Waals surface area contributed by atoms with Crippen molar-refractivity contribution in [3.63, 3.8) is 0 Å². The zero-order valence-electron chi connectivity index (χ0n) is 23.3. The van der Waals surface area contributed by atoms with Crippen molar-refractivity contribution in [1.29, 1.82) is 0 Å². The molecule has 0 spiro atoms. The fourth-order valence-corrected chi connectivity index (χ4v) is 4.86. The van der Waals surface area contributed by atoms with Crippen LogP contribution in [0.4, 0.5) is 0 Å². The minimum atomic E-state index is -4.27. The first-order chi connectivity index (χ1) is 16.7. The molecular formula is C29H55NO4S. The number of unbranched alkanes of at least 4 members (excludes halogenated alkanes) is 12. The van der Waals surface area contributed by atoms with Gasteiger partial charge in [-0.15, -0.1) is 0 Å². The Balaban J connectivity index is 0.000000867. The van der Waals surface area contributed by atoms with Gasteiger partial charge in [-0.3, -0.25) is 0 Å². The van der Waals surface area contributed by atoms with Crippen LogP contribution in [0, 0.1) is 6.92 Å². The lowest BCUT2D eigenvalue weighted by molar-refractivity contribution is -0.910. The Labute approximate surface area is 217 Å². The summed E-state index contributed by atoms with van der Waals surface area (Å²) < 4.78 is 32.4. The summed E-state index contributed by atoms with van der Waals surface area (Å²) in [6.45, 7) is 10.5. The zero-order chi connectivity index (χ0) is 26.4. The first-order valence-corrected chi connectivity index (χ1v) is 15.6. The van der Waals surface area contributed by atoms with Crippen LogP contribution in [0.15, 0.2) is 29.2 Å². The number of benzene rings is 1. The second-order valence-electron chi connectivity index (χ2n) is 10.4. The molecule has 0 unspecified atom stereocenters. The van der Waals surface area contributed by atoms with Crippen molar-refractivity contribution < 1.29 is 22.6 Å². The highest BCUT2D eigenvalue weighted by atomic mass is 32.2. The van der Waals surface area contributed by atoms with Gasteiger partial charge in [0.05, 0.1) is 31.6 Å². The predicted molar refractivity (Wildman–Crippen MR) is 148 cm³/mol. The molecule has 1 rings (SSSR count). The number of aryl methyl sites for hydroxylation is 1. The Morgan fingerprint density at radius 3 is 1.43 bits per heavy atom. The van der Waals surface area contributed by atoms with Crippen molar-refractivity contribution in [1.82, 2.24) is 0 Å². The van der Waals surface area contributed by atoms with E-state index >= 15 is 0 Å². The molecule has 0 amide bonds. The van der Waals surface area contributed by atoms with Crippen LogP contribution in [0.1, 0.15) is 116 Å². The number of quaternary nitrogens is 1. The van der Waals surface area contributed by atoms with Gasteiger partial charge in [-0.05, 0) is 44.7 Å². The molecule has 1 aromatic rings. The molecule has 0 saturated heterocycles. The minimum absolute atomic E-state index is 0.178. The molecule has 35 heavy (non-hydrogen) atoms. The summed E-state index contributed by atoms with van der Waals surface area (Å²) in [5.41, 5.74) is 0.928. The van der Waals surface area contributed by atoms with E-state index in [2.05, 4.69) is 20.9 Å². The highest BCUT2D eigenvalue weighted by Gasteiger charge is 2.19. The van der Waals surface area contributed by atoms with E-state index in [0.717, 1.165) is 18.5 Å². The van der Waals surface area contributed by atoms with Crippen LogP contribution in [-0.4, -0.2) is 55.8 Å². The van der Waals surface area contributed by atoms with Crippen molar-refractivity contribution in [2.45, 2.75) is 122 Å². The number of nitrogens with zero attached hydrogens (tertiary/aromatic N) is 1. The van der Waals surface area contributed by atoms with Crippen LogP contribution in [0.5, 0.6) is 0 Å². The normalized spacial score (nSPS) is 11.8. The van der Waals surface area contributed by atoms with E-state index in [0.29, 0.717) is 6.61 Å². The van der Waals surface area contributed by atoms with Crippen molar-refractivity contribution in [2.24, 2.45) is 0 Å². The van der Waals surface area contributed by atoms with Gasteiger partial charge >= 0.3 is 0 Å². The number of aliphatic hydroxyl groups excluding tert-OH is 1. The second-order valence-corrected chi connectivity index (χ2v) is 11.8. The Bertz CT molecular complexity index is 686. The van der Waals surface area contributed by atoms with Gasteiger partial charge in [0.2, 0.25) is 0 Å². The highest BCUT2D eigenvalue weighted by Crippen LogP contribution is 2.15. The van der Waals surface area contributed by atoms with E-state index in [9.17, 15) is 18.1 Å². The molecule has 0 radical (unpaired) electrons. The van der Waals surface area contributed by atoms with Crippen molar-refractivity contribution in [2.75, 3.05) is 33.3 Å². The number of rotatable bonds is 20. The first kappa shape index (κ1) is 34.0. The van der Waals surface area contributed by atoms with Crippen molar-refractivity contribution in [3.8, 4) is 0 Å². The van der Waals surface area contributed by atoms with E-state index in [1.807, 2.05) is 6.92 Å². The lowest BCUT2D eigenvalue weighted by Crippen LogP contribution is -2.46. The number of hydrogen-bond donors (Lipinski definition) is 1. The average molecular weight is 514 g/mol. The van der Waals surface area contributed by atoms with Crippen LogP contribution >= 0.6 is 0 Å². The monoisotopic (exact) mass is 513 g/mol. The molecule has 0 fully saturated rings. The maximum Gasteiger partial charge on any atom is 0.124 e. The first-order valence-electron chi connectivity index (χ1n) is 14.2.